The summed E-state index contributed by atoms with van der Waals surface area (Å²) in [4.78, 5) is 12.5. The molecule has 1 saturated carbocycles. The Morgan fingerprint density at radius 1 is 1.37 bits per heavy atom. The summed E-state index contributed by atoms with van der Waals surface area (Å²) in [6, 6.07) is 8.11. The highest BCUT2D eigenvalue weighted by Crippen LogP contribution is 2.40. The van der Waals surface area contributed by atoms with Gasteiger partial charge in [0.25, 0.3) is 0 Å². The van der Waals surface area contributed by atoms with E-state index in [0.29, 0.717) is 12.2 Å². The molecule has 1 aromatic carbocycles. The van der Waals surface area contributed by atoms with Crippen molar-refractivity contribution in [3.63, 3.8) is 0 Å². The van der Waals surface area contributed by atoms with Gasteiger partial charge in [0.1, 0.15) is 5.78 Å². The van der Waals surface area contributed by atoms with Crippen LogP contribution in [0.25, 0.3) is 0 Å². The van der Waals surface area contributed by atoms with Gasteiger partial charge in [-0.05, 0) is 17.9 Å². The van der Waals surface area contributed by atoms with Gasteiger partial charge in [0, 0.05) is 16.5 Å². The van der Waals surface area contributed by atoms with Crippen LogP contribution in [0.1, 0.15) is 32.3 Å². The molecule has 3 rings (SSSR count). The number of hydrogen-bond donors (Lipinski definition) is 1. The van der Waals surface area contributed by atoms with Crippen molar-refractivity contribution < 1.29 is 4.79 Å². The molecule has 0 bridgehead atoms. The molecule has 0 saturated heterocycles. The molecule has 1 heterocycles. The van der Waals surface area contributed by atoms with Gasteiger partial charge in [-0.3, -0.25) is 4.79 Å². The Hall–Kier alpha value is -1.16. The summed E-state index contributed by atoms with van der Waals surface area (Å²) in [5.74, 6) is 0.215. The minimum atomic E-state index is -0.0910. The molecule has 0 aromatic heterocycles. The van der Waals surface area contributed by atoms with Gasteiger partial charge in [-0.2, -0.15) is 5.10 Å². The minimum absolute atomic E-state index is 0.0736. The highest BCUT2D eigenvalue weighted by Gasteiger charge is 2.46. The van der Waals surface area contributed by atoms with Crippen LogP contribution in [0.5, 0.6) is 0 Å². The monoisotopic (exact) mass is 320 g/mol. The van der Waals surface area contributed by atoms with Gasteiger partial charge in [0.05, 0.1) is 17.7 Å². The normalized spacial score (nSPS) is 28.6. The molecule has 100 valence electrons. The lowest BCUT2D eigenvalue weighted by Crippen LogP contribution is -2.45. The van der Waals surface area contributed by atoms with Crippen LogP contribution in [-0.2, 0) is 4.79 Å². The summed E-state index contributed by atoms with van der Waals surface area (Å²) < 4.78 is 0.994. The molecule has 2 aliphatic rings. The summed E-state index contributed by atoms with van der Waals surface area (Å²) in [5.41, 5.74) is 5.15. The molecule has 3 nitrogen and oxygen atoms in total. The lowest BCUT2D eigenvalue weighted by Gasteiger charge is -2.36. The number of nitrogens with zero attached hydrogens (tertiary/aromatic N) is 1. The fourth-order valence-corrected chi connectivity index (χ4v) is 3.66. The molecule has 0 amide bonds. The van der Waals surface area contributed by atoms with Crippen molar-refractivity contribution >= 4 is 27.4 Å². The summed E-state index contributed by atoms with van der Waals surface area (Å²) in [6.07, 6.45) is 1.63. The lowest BCUT2D eigenvalue weighted by atomic mass is 9.68. The van der Waals surface area contributed by atoms with Crippen molar-refractivity contribution in [1.82, 2.24) is 5.43 Å². The Morgan fingerprint density at radius 3 is 2.84 bits per heavy atom. The molecule has 1 N–H and O–H groups in total. The number of rotatable bonds is 1. The van der Waals surface area contributed by atoms with E-state index in [9.17, 15) is 4.79 Å². The number of fused-ring (bicyclic) bond motifs is 1. The van der Waals surface area contributed by atoms with Crippen molar-refractivity contribution in [2.45, 2.75) is 32.7 Å². The van der Waals surface area contributed by atoms with Gasteiger partial charge in [0.15, 0.2) is 0 Å². The molecule has 1 aliphatic carbocycles. The van der Waals surface area contributed by atoms with Crippen molar-refractivity contribution in [1.29, 1.82) is 0 Å². The molecular formula is C15H17BrN2O. The largest absolute Gasteiger partial charge is 0.306 e. The fourth-order valence-electron chi connectivity index (χ4n) is 3.17. The SMILES string of the molecule is CC1(C)CC(=O)[C@@H]2C(c3ccccc3Br)=NN[C@@H]2C1. The molecule has 4 heteroatoms. The molecule has 0 radical (unpaired) electrons. The van der Waals surface area contributed by atoms with E-state index in [-0.39, 0.29) is 17.4 Å². The maximum absolute atomic E-state index is 12.5. The highest BCUT2D eigenvalue weighted by molar-refractivity contribution is 9.10. The van der Waals surface area contributed by atoms with Crippen molar-refractivity contribution in [2.75, 3.05) is 0 Å². The number of benzene rings is 1. The minimum Gasteiger partial charge on any atom is -0.306 e. The number of nitrogens with one attached hydrogen (secondary N) is 1. The van der Waals surface area contributed by atoms with Gasteiger partial charge in [0.2, 0.25) is 0 Å². The summed E-state index contributed by atoms with van der Waals surface area (Å²) in [7, 11) is 0. The summed E-state index contributed by atoms with van der Waals surface area (Å²) in [6.45, 7) is 4.30. The Balaban J connectivity index is 1.95. The molecule has 1 fully saturated rings. The molecule has 1 aliphatic heterocycles. The molecule has 0 spiro atoms. The second-order valence-corrected chi connectivity index (χ2v) is 7.06. The van der Waals surface area contributed by atoms with E-state index in [2.05, 4.69) is 40.3 Å². The van der Waals surface area contributed by atoms with Crippen LogP contribution in [0.15, 0.2) is 33.8 Å². The first-order chi connectivity index (χ1) is 8.98. The van der Waals surface area contributed by atoms with Crippen LogP contribution in [0.4, 0.5) is 0 Å². The maximum atomic E-state index is 12.5. The van der Waals surface area contributed by atoms with E-state index in [4.69, 9.17) is 0 Å². The molecular weight excluding hydrogens is 304 g/mol. The zero-order chi connectivity index (χ0) is 13.6. The third kappa shape index (κ3) is 2.22. The van der Waals surface area contributed by atoms with E-state index >= 15 is 0 Å². The third-order valence-corrected chi connectivity index (χ3v) is 4.66. The lowest BCUT2D eigenvalue weighted by molar-refractivity contribution is -0.126. The van der Waals surface area contributed by atoms with Crippen LogP contribution in [0, 0.1) is 11.3 Å². The zero-order valence-corrected chi connectivity index (χ0v) is 12.7. The number of halogens is 1. The molecule has 1 aromatic rings. The Bertz CT molecular complexity index is 565. The predicted molar refractivity (Wildman–Crippen MR) is 79.1 cm³/mol. The van der Waals surface area contributed by atoms with Gasteiger partial charge in [-0.1, -0.05) is 48.0 Å². The highest BCUT2D eigenvalue weighted by atomic mass is 79.9. The van der Waals surface area contributed by atoms with Crippen LogP contribution < -0.4 is 5.43 Å². The predicted octanol–water partition coefficient (Wildman–Crippen LogP) is 3.13. The van der Waals surface area contributed by atoms with E-state index in [0.717, 1.165) is 22.2 Å². The topological polar surface area (TPSA) is 41.5 Å². The van der Waals surface area contributed by atoms with Crippen molar-refractivity contribution in [3.8, 4) is 0 Å². The van der Waals surface area contributed by atoms with E-state index in [1.807, 2.05) is 24.3 Å². The second kappa shape index (κ2) is 4.44. The smallest absolute Gasteiger partial charge is 0.144 e. The first-order valence-electron chi connectivity index (χ1n) is 6.59. The zero-order valence-electron chi connectivity index (χ0n) is 11.1. The first kappa shape index (κ1) is 12.9. The van der Waals surface area contributed by atoms with Gasteiger partial charge in [-0.15, -0.1) is 0 Å². The van der Waals surface area contributed by atoms with Gasteiger partial charge in [-0.25, -0.2) is 0 Å². The van der Waals surface area contributed by atoms with Crippen LogP contribution in [-0.4, -0.2) is 17.5 Å². The number of carbonyl (C=O) groups is 1. The average molecular weight is 321 g/mol. The van der Waals surface area contributed by atoms with Gasteiger partial charge < -0.3 is 5.43 Å². The third-order valence-electron chi connectivity index (χ3n) is 3.97. The van der Waals surface area contributed by atoms with E-state index in [1.54, 1.807) is 0 Å². The summed E-state index contributed by atoms with van der Waals surface area (Å²) in [5, 5.41) is 4.44. The molecule has 19 heavy (non-hydrogen) atoms. The number of hydrogen-bond acceptors (Lipinski definition) is 3. The van der Waals surface area contributed by atoms with Crippen LogP contribution >= 0.6 is 15.9 Å². The first-order valence-corrected chi connectivity index (χ1v) is 7.38. The average Bonchev–Trinajstić information content (AvgIpc) is 2.71. The number of hydrazone groups is 1. The Kier molecular flexibility index (Phi) is 3.01. The van der Waals surface area contributed by atoms with Crippen molar-refractivity contribution in [3.05, 3.63) is 34.3 Å². The quantitative estimate of drug-likeness (QED) is 0.863. The Labute approximate surface area is 121 Å². The fraction of sp³-hybridized carbons (Fsp3) is 0.467. The maximum Gasteiger partial charge on any atom is 0.144 e. The number of carbonyl (C=O) groups excluding carboxylic acids is 1. The number of Topliss-reactive ketones (excluding diaryl/α,β-unsaturated/α-hetero) is 1. The molecule has 2 atom stereocenters. The standard InChI is InChI=1S/C15H17BrN2O/c1-15(2)7-11-13(12(19)8-15)14(18-17-11)9-5-3-4-6-10(9)16/h3-6,11,13,17H,7-8H2,1-2H3/t11-,13-/m1/s1. The van der Waals surface area contributed by atoms with E-state index < -0.39 is 0 Å². The van der Waals surface area contributed by atoms with Crippen molar-refractivity contribution in [2.24, 2.45) is 16.4 Å². The van der Waals surface area contributed by atoms with Crippen LogP contribution in [0.3, 0.4) is 0 Å². The number of ketones is 1. The van der Waals surface area contributed by atoms with Crippen LogP contribution in [0.2, 0.25) is 0 Å². The Morgan fingerprint density at radius 2 is 2.11 bits per heavy atom. The summed E-state index contributed by atoms with van der Waals surface area (Å²) >= 11 is 3.55. The second-order valence-electron chi connectivity index (χ2n) is 6.20. The van der Waals surface area contributed by atoms with Gasteiger partial charge >= 0.3 is 0 Å². The van der Waals surface area contributed by atoms with E-state index in [1.165, 1.54) is 0 Å². The molecule has 0 unspecified atom stereocenters.